The molecule has 0 bridgehead atoms. The molecule has 0 unspecified atom stereocenters. The number of nitrogens with one attached hydrogen (secondary N) is 2. The van der Waals surface area contributed by atoms with Crippen LogP contribution in [0.15, 0.2) is 24.5 Å². The number of carbonyl (C=O) groups excluding carboxylic acids is 2. The van der Waals surface area contributed by atoms with E-state index in [4.69, 9.17) is 12.2 Å². The first kappa shape index (κ1) is 15.1. The summed E-state index contributed by atoms with van der Waals surface area (Å²) in [5, 5.41) is 6.32. The number of anilines is 1. The quantitative estimate of drug-likeness (QED) is 0.829. The van der Waals surface area contributed by atoms with Crippen LogP contribution in [0.4, 0.5) is 5.69 Å². The van der Waals surface area contributed by atoms with E-state index in [1.165, 1.54) is 28.6 Å². The molecule has 1 fully saturated rings. The summed E-state index contributed by atoms with van der Waals surface area (Å²) >= 11 is 5.00. The van der Waals surface area contributed by atoms with Gasteiger partial charge in [0.2, 0.25) is 16.6 Å². The first-order chi connectivity index (χ1) is 11.6. The average molecular weight is 343 g/mol. The predicted molar refractivity (Wildman–Crippen MR) is 90.7 cm³/mol. The second-order valence-corrected chi connectivity index (χ2v) is 6.61. The minimum atomic E-state index is -0.400. The number of benzene rings is 1. The Bertz CT molecular complexity index is 871. The van der Waals surface area contributed by atoms with Crippen molar-refractivity contribution in [3.63, 3.8) is 0 Å². The SMILES string of the molecule is O=C(Nn1cn[nH]c1=S)[C@@H]1CC(=O)N(c2ccc3c(c2)CCC3)C1. The Morgan fingerprint density at radius 2 is 2.17 bits per heavy atom. The van der Waals surface area contributed by atoms with E-state index in [1.54, 1.807) is 4.90 Å². The van der Waals surface area contributed by atoms with Gasteiger partial charge in [0.15, 0.2) is 0 Å². The smallest absolute Gasteiger partial charge is 0.244 e. The van der Waals surface area contributed by atoms with Crippen molar-refractivity contribution in [1.29, 1.82) is 0 Å². The van der Waals surface area contributed by atoms with Crippen molar-refractivity contribution in [3.8, 4) is 0 Å². The standard InChI is InChI=1S/C16H17N5O2S/c22-14-7-12(15(23)19-21-9-17-18-16(21)24)8-20(14)13-5-4-10-2-1-3-11(10)6-13/h4-6,9,12H,1-3,7-8H2,(H,18,24)(H,19,23)/t12-/m1/s1. The first-order valence-electron chi connectivity index (χ1n) is 7.97. The lowest BCUT2D eigenvalue weighted by molar-refractivity contribution is -0.123. The van der Waals surface area contributed by atoms with E-state index in [0.717, 1.165) is 18.5 Å². The van der Waals surface area contributed by atoms with E-state index >= 15 is 0 Å². The minimum absolute atomic E-state index is 0.0242. The zero-order valence-electron chi connectivity index (χ0n) is 13.0. The van der Waals surface area contributed by atoms with Crippen molar-refractivity contribution in [2.24, 2.45) is 5.92 Å². The Morgan fingerprint density at radius 1 is 1.33 bits per heavy atom. The third-order valence-electron chi connectivity index (χ3n) is 4.67. The molecule has 0 saturated carbocycles. The number of fused-ring (bicyclic) bond motifs is 1. The van der Waals surface area contributed by atoms with Crippen LogP contribution in [0, 0.1) is 10.7 Å². The first-order valence-corrected chi connectivity index (χ1v) is 8.38. The molecule has 1 atom stereocenters. The molecule has 2 amide bonds. The Hall–Kier alpha value is -2.48. The number of hydrogen-bond donors (Lipinski definition) is 2. The molecule has 1 aliphatic heterocycles. The van der Waals surface area contributed by atoms with E-state index in [-0.39, 0.29) is 18.2 Å². The lowest BCUT2D eigenvalue weighted by Crippen LogP contribution is -2.31. The lowest BCUT2D eigenvalue weighted by atomic mass is 10.1. The van der Waals surface area contributed by atoms with Crippen molar-refractivity contribution < 1.29 is 9.59 Å². The molecule has 1 aliphatic carbocycles. The van der Waals surface area contributed by atoms with Gasteiger partial charge < -0.3 is 4.90 Å². The molecule has 4 rings (SSSR count). The molecule has 2 aromatic rings. The van der Waals surface area contributed by atoms with Crippen LogP contribution < -0.4 is 10.3 Å². The fourth-order valence-electron chi connectivity index (χ4n) is 3.40. The largest absolute Gasteiger partial charge is 0.312 e. The molecule has 1 aromatic heterocycles. The number of rotatable bonds is 3. The van der Waals surface area contributed by atoms with E-state index < -0.39 is 5.92 Å². The van der Waals surface area contributed by atoms with Gasteiger partial charge in [0.05, 0.1) is 5.92 Å². The molecule has 7 nitrogen and oxygen atoms in total. The summed E-state index contributed by atoms with van der Waals surface area (Å²) in [4.78, 5) is 26.4. The van der Waals surface area contributed by atoms with Crippen LogP contribution in [-0.2, 0) is 22.4 Å². The molecule has 2 heterocycles. The molecule has 2 aliphatic rings. The number of aryl methyl sites for hydroxylation is 2. The van der Waals surface area contributed by atoms with Crippen molar-refractivity contribution in [2.45, 2.75) is 25.7 Å². The second kappa shape index (κ2) is 5.86. The van der Waals surface area contributed by atoms with Crippen LogP contribution in [-0.4, -0.2) is 33.2 Å². The van der Waals surface area contributed by atoms with Gasteiger partial charge in [0.25, 0.3) is 0 Å². The van der Waals surface area contributed by atoms with Gasteiger partial charge >= 0.3 is 0 Å². The molecule has 0 spiro atoms. The maximum Gasteiger partial charge on any atom is 0.244 e. The molecule has 1 saturated heterocycles. The summed E-state index contributed by atoms with van der Waals surface area (Å²) in [5.41, 5.74) is 6.24. The van der Waals surface area contributed by atoms with Gasteiger partial charge in [-0.25, -0.2) is 4.68 Å². The normalized spacial score (nSPS) is 19.6. The summed E-state index contributed by atoms with van der Waals surface area (Å²) < 4.78 is 1.66. The Morgan fingerprint density at radius 3 is 2.96 bits per heavy atom. The van der Waals surface area contributed by atoms with E-state index in [9.17, 15) is 9.59 Å². The Kier molecular flexibility index (Phi) is 3.68. The van der Waals surface area contributed by atoms with E-state index in [2.05, 4.69) is 27.8 Å². The molecule has 8 heteroatoms. The van der Waals surface area contributed by atoms with Crippen molar-refractivity contribution >= 4 is 29.7 Å². The molecule has 24 heavy (non-hydrogen) atoms. The zero-order chi connectivity index (χ0) is 16.7. The topological polar surface area (TPSA) is 83.0 Å². The van der Waals surface area contributed by atoms with Crippen LogP contribution in [0.25, 0.3) is 0 Å². The average Bonchev–Trinajstić information content (AvgIpc) is 3.27. The number of hydrogen-bond acceptors (Lipinski definition) is 4. The highest BCUT2D eigenvalue weighted by Crippen LogP contribution is 2.30. The third-order valence-corrected chi connectivity index (χ3v) is 4.96. The molecular formula is C16H17N5O2S. The molecule has 2 N–H and O–H groups in total. The van der Waals surface area contributed by atoms with Crippen LogP contribution in [0.3, 0.4) is 0 Å². The highest BCUT2D eigenvalue weighted by Gasteiger charge is 2.35. The monoisotopic (exact) mass is 343 g/mol. The Labute approximate surface area is 143 Å². The third kappa shape index (κ3) is 2.62. The number of amides is 2. The fourth-order valence-corrected chi connectivity index (χ4v) is 3.54. The maximum atomic E-state index is 12.4. The lowest BCUT2D eigenvalue weighted by Gasteiger charge is -2.18. The summed E-state index contributed by atoms with van der Waals surface area (Å²) in [7, 11) is 0. The van der Waals surface area contributed by atoms with Crippen molar-refractivity contribution in [1.82, 2.24) is 14.9 Å². The number of H-pyrrole nitrogens is 1. The predicted octanol–water partition coefficient (Wildman–Crippen LogP) is 1.55. The van der Waals surface area contributed by atoms with Crippen LogP contribution >= 0.6 is 12.2 Å². The summed E-state index contributed by atoms with van der Waals surface area (Å²) in [5.74, 6) is -0.657. The van der Waals surface area contributed by atoms with Crippen molar-refractivity contribution in [2.75, 3.05) is 16.9 Å². The van der Waals surface area contributed by atoms with Crippen molar-refractivity contribution in [3.05, 3.63) is 40.4 Å². The van der Waals surface area contributed by atoms with Gasteiger partial charge in [-0.1, -0.05) is 6.07 Å². The second-order valence-electron chi connectivity index (χ2n) is 6.22. The Balaban J connectivity index is 1.49. The van der Waals surface area contributed by atoms with Gasteiger partial charge in [0, 0.05) is 18.7 Å². The number of nitrogens with zero attached hydrogens (tertiary/aromatic N) is 3. The molecule has 0 radical (unpaired) electrons. The van der Waals surface area contributed by atoms with Crippen LogP contribution in [0.2, 0.25) is 0 Å². The summed E-state index contributed by atoms with van der Waals surface area (Å²) in [6, 6.07) is 6.17. The van der Waals surface area contributed by atoms with Gasteiger partial charge in [-0.3, -0.25) is 20.1 Å². The number of aromatic nitrogens is 3. The van der Waals surface area contributed by atoms with Crippen LogP contribution in [0.1, 0.15) is 24.0 Å². The number of carbonyl (C=O) groups is 2. The highest BCUT2D eigenvalue weighted by molar-refractivity contribution is 7.71. The van der Waals surface area contributed by atoms with Crippen LogP contribution in [0.5, 0.6) is 0 Å². The van der Waals surface area contributed by atoms with Gasteiger partial charge in [-0.15, -0.1) is 0 Å². The van der Waals surface area contributed by atoms with E-state index in [0.29, 0.717) is 11.3 Å². The molecule has 124 valence electrons. The van der Waals surface area contributed by atoms with Gasteiger partial charge in [-0.2, -0.15) is 5.10 Å². The molecule has 1 aromatic carbocycles. The maximum absolute atomic E-state index is 12.4. The highest BCUT2D eigenvalue weighted by atomic mass is 32.1. The van der Waals surface area contributed by atoms with Gasteiger partial charge in [-0.05, 0) is 54.7 Å². The number of aromatic amines is 1. The zero-order valence-corrected chi connectivity index (χ0v) is 13.8. The minimum Gasteiger partial charge on any atom is -0.312 e. The van der Waals surface area contributed by atoms with Gasteiger partial charge in [0.1, 0.15) is 6.33 Å². The summed E-state index contributed by atoms with van der Waals surface area (Å²) in [6.45, 7) is 0.384. The fraction of sp³-hybridized carbons (Fsp3) is 0.375. The summed E-state index contributed by atoms with van der Waals surface area (Å²) in [6.07, 6.45) is 4.94. The molecular weight excluding hydrogens is 326 g/mol. The van der Waals surface area contributed by atoms with E-state index in [1.807, 2.05) is 6.07 Å².